The minimum atomic E-state index is 0.644. The average molecular weight is 266 g/mol. The van der Waals surface area contributed by atoms with Gasteiger partial charge in [-0.1, -0.05) is 19.9 Å². The molecule has 0 saturated heterocycles. The molecule has 0 saturated carbocycles. The molecular formula is C15H26N2O2. The SMILES string of the molecule is COCCCOc1ccc(CNCC(C)C)c(C)n1. The highest BCUT2D eigenvalue weighted by atomic mass is 16.5. The Morgan fingerprint density at radius 1 is 1.26 bits per heavy atom. The summed E-state index contributed by atoms with van der Waals surface area (Å²) in [5, 5.41) is 3.42. The summed E-state index contributed by atoms with van der Waals surface area (Å²) in [7, 11) is 1.70. The number of nitrogens with one attached hydrogen (secondary N) is 1. The van der Waals surface area contributed by atoms with E-state index in [1.807, 2.05) is 13.0 Å². The van der Waals surface area contributed by atoms with Gasteiger partial charge in [0.15, 0.2) is 0 Å². The van der Waals surface area contributed by atoms with E-state index in [4.69, 9.17) is 9.47 Å². The van der Waals surface area contributed by atoms with Crippen LogP contribution in [0.25, 0.3) is 0 Å². The zero-order chi connectivity index (χ0) is 14.1. The molecule has 0 aromatic carbocycles. The molecule has 1 N–H and O–H groups in total. The minimum absolute atomic E-state index is 0.644. The Labute approximate surface area is 116 Å². The van der Waals surface area contributed by atoms with Crippen molar-refractivity contribution in [3.63, 3.8) is 0 Å². The maximum Gasteiger partial charge on any atom is 0.213 e. The first kappa shape index (κ1) is 15.9. The molecule has 1 heterocycles. The van der Waals surface area contributed by atoms with Gasteiger partial charge in [0.05, 0.1) is 6.61 Å². The molecule has 1 aromatic heterocycles. The Bertz CT molecular complexity index is 367. The van der Waals surface area contributed by atoms with E-state index in [1.165, 1.54) is 5.56 Å². The van der Waals surface area contributed by atoms with Gasteiger partial charge in [-0.2, -0.15) is 0 Å². The van der Waals surface area contributed by atoms with Gasteiger partial charge in [0, 0.05) is 38.4 Å². The second-order valence-corrected chi connectivity index (χ2v) is 5.11. The number of rotatable bonds is 9. The van der Waals surface area contributed by atoms with E-state index in [0.717, 1.165) is 31.8 Å². The normalized spacial score (nSPS) is 11.0. The summed E-state index contributed by atoms with van der Waals surface area (Å²) in [6.07, 6.45) is 0.884. The first-order valence-electron chi connectivity index (χ1n) is 6.92. The molecule has 1 rings (SSSR count). The van der Waals surface area contributed by atoms with E-state index in [2.05, 4.69) is 30.2 Å². The number of hydrogen-bond acceptors (Lipinski definition) is 4. The van der Waals surface area contributed by atoms with Crippen molar-refractivity contribution >= 4 is 0 Å². The molecule has 4 nitrogen and oxygen atoms in total. The average Bonchev–Trinajstić information content (AvgIpc) is 2.37. The van der Waals surface area contributed by atoms with Crippen LogP contribution >= 0.6 is 0 Å². The van der Waals surface area contributed by atoms with Crippen LogP contribution in [0.1, 0.15) is 31.5 Å². The number of methoxy groups -OCH3 is 1. The largest absolute Gasteiger partial charge is 0.478 e. The fourth-order valence-corrected chi connectivity index (χ4v) is 1.71. The van der Waals surface area contributed by atoms with Crippen LogP contribution in [-0.4, -0.2) is 31.9 Å². The third-order valence-corrected chi connectivity index (χ3v) is 2.78. The van der Waals surface area contributed by atoms with Crippen LogP contribution in [0.5, 0.6) is 5.88 Å². The third kappa shape index (κ3) is 6.55. The minimum Gasteiger partial charge on any atom is -0.478 e. The monoisotopic (exact) mass is 266 g/mol. The van der Waals surface area contributed by atoms with E-state index in [0.29, 0.717) is 18.4 Å². The molecule has 19 heavy (non-hydrogen) atoms. The van der Waals surface area contributed by atoms with Crippen LogP contribution in [0, 0.1) is 12.8 Å². The molecule has 0 aliphatic heterocycles. The van der Waals surface area contributed by atoms with Gasteiger partial charge in [0.2, 0.25) is 5.88 Å². The van der Waals surface area contributed by atoms with Crippen LogP contribution < -0.4 is 10.1 Å². The number of nitrogens with zero attached hydrogens (tertiary/aromatic N) is 1. The lowest BCUT2D eigenvalue weighted by atomic mass is 10.2. The molecule has 0 aliphatic carbocycles. The zero-order valence-corrected chi connectivity index (χ0v) is 12.5. The molecule has 0 radical (unpaired) electrons. The second kappa shape index (κ2) is 8.88. The number of ether oxygens (including phenoxy) is 2. The van der Waals surface area contributed by atoms with E-state index in [9.17, 15) is 0 Å². The quantitative estimate of drug-likeness (QED) is 0.698. The van der Waals surface area contributed by atoms with Gasteiger partial charge in [-0.05, 0) is 24.9 Å². The summed E-state index contributed by atoms with van der Waals surface area (Å²) in [6, 6.07) is 4.02. The van der Waals surface area contributed by atoms with Crippen molar-refractivity contribution in [2.24, 2.45) is 5.92 Å². The van der Waals surface area contributed by atoms with Gasteiger partial charge >= 0.3 is 0 Å². The van der Waals surface area contributed by atoms with Crippen LogP contribution in [0.3, 0.4) is 0 Å². The Morgan fingerprint density at radius 3 is 2.68 bits per heavy atom. The molecule has 0 amide bonds. The highest BCUT2D eigenvalue weighted by Crippen LogP contribution is 2.12. The van der Waals surface area contributed by atoms with Gasteiger partial charge in [-0.25, -0.2) is 4.98 Å². The van der Waals surface area contributed by atoms with E-state index >= 15 is 0 Å². The molecule has 1 aromatic rings. The molecule has 0 bridgehead atoms. The van der Waals surface area contributed by atoms with Crippen LogP contribution in [0.4, 0.5) is 0 Å². The van der Waals surface area contributed by atoms with Crippen molar-refractivity contribution in [2.75, 3.05) is 26.9 Å². The number of aromatic nitrogens is 1. The zero-order valence-electron chi connectivity index (χ0n) is 12.5. The number of aryl methyl sites for hydroxylation is 1. The third-order valence-electron chi connectivity index (χ3n) is 2.78. The van der Waals surface area contributed by atoms with Crippen LogP contribution in [-0.2, 0) is 11.3 Å². The van der Waals surface area contributed by atoms with E-state index in [1.54, 1.807) is 7.11 Å². The summed E-state index contributed by atoms with van der Waals surface area (Å²) in [5.41, 5.74) is 2.25. The Balaban J connectivity index is 2.40. The molecule has 0 unspecified atom stereocenters. The molecular weight excluding hydrogens is 240 g/mol. The van der Waals surface area contributed by atoms with Crippen molar-refractivity contribution in [3.05, 3.63) is 23.4 Å². The van der Waals surface area contributed by atoms with Gasteiger partial charge in [-0.3, -0.25) is 0 Å². The highest BCUT2D eigenvalue weighted by Gasteiger charge is 2.03. The van der Waals surface area contributed by atoms with Crippen molar-refractivity contribution < 1.29 is 9.47 Å². The predicted molar refractivity (Wildman–Crippen MR) is 77.5 cm³/mol. The van der Waals surface area contributed by atoms with Crippen molar-refractivity contribution in [3.8, 4) is 5.88 Å². The lowest BCUT2D eigenvalue weighted by molar-refractivity contribution is 0.170. The van der Waals surface area contributed by atoms with Crippen LogP contribution in [0.15, 0.2) is 12.1 Å². The number of hydrogen-bond donors (Lipinski definition) is 1. The number of pyridine rings is 1. The molecule has 0 spiro atoms. The molecule has 0 atom stereocenters. The predicted octanol–water partition coefficient (Wildman–Crippen LogP) is 2.55. The fourth-order valence-electron chi connectivity index (χ4n) is 1.71. The fraction of sp³-hybridized carbons (Fsp3) is 0.667. The topological polar surface area (TPSA) is 43.4 Å². The molecule has 4 heteroatoms. The summed E-state index contributed by atoms with van der Waals surface area (Å²) < 4.78 is 10.6. The Morgan fingerprint density at radius 2 is 2.05 bits per heavy atom. The van der Waals surface area contributed by atoms with E-state index in [-0.39, 0.29) is 0 Å². The van der Waals surface area contributed by atoms with Crippen molar-refractivity contribution in [1.82, 2.24) is 10.3 Å². The lowest BCUT2D eigenvalue weighted by Crippen LogP contribution is -2.19. The molecule has 0 aliphatic rings. The second-order valence-electron chi connectivity index (χ2n) is 5.11. The van der Waals surface area contributed by atoms with Gasteiger partial charge in [0.1, 0.15) is 0 Å². The van der Waals surface area contributed by atoms with E-state index < -0.39 is 0 Å². The van der Waals surface area contributed by atoms with Gasteiger partial charge < -0.3 is 14.8 Å². The first-order valence-corrected chi connectivity index (χ1v) is 6.92. The van der Waals surface area contributed by atoms with Crippen molar-refractivity contribution in [2.45, 2.75) is 33.7 Å². The standard InChI is InChI=1S/C15H26N2O2/c1-12(2)10-16-11-14-6-7-15(17-13(14)3)19-9-5-8-18-4/h6-7,12,16H,5,8-11H2,1-4H3. The Hall–Kier alpha value is -1.13. The summed E-state index contributed by atoms with van der Waals surface area (Å²) >= 11 is 0. The first-order chi connectivity index (χ1) is 9.13. The van der Waals surface area contributed by atoms with Gasteiger partial charge in [-0.15, -0.1) is 0 Å². The lowest BCUT2D eigenvalue weighted by Gasteiger charge is -2.11. The summed E-state index contributed by atoms with van der Waals surface area (Å²) in [6.45, 7) is 9.68. The Kier molecular flexibility index (Phi) is 7.45. The maximum atomic E-state index is 5.58. The summed E-state index contributed by atoms with van der Waals surface area (Å²) in [4.78, 5) is 4.47. The molecule has 108 valence electrons. The molecule has 0 fully saturated rings. The summed E-state index contributed by atoms with van der Waals surface area (Å²) in [5.74, 6) is 1.36. The van der Waals surface area contributed by atoms with Crippen molar-refractivity contribution in [1.29, 1.82) is 0 Å². The maximum absolute atomic E-state index is 5.58. The van der Waals surface area contributed by atoms with Crippen LogP contribution in [0.2, 0.25) is 0 Å². The highest BCUT2D eigenvalue weighted by molar-refractivity contribution is 5.24. The smallest absolute Gasteiger partial charge is 0.213 e. The van der Waals surface area contributed by atoms with Gasteiger partial charge in [0.25, 0.3) is 0 Å².